The topological polar surface area (TPSA) is 37.4 Å². The summed E-state index contributed by atoms with van der Waals surface area (Å²) in [6.45, 7) is 8.11. The summed E-state index contributed by atoms with van der Waals surface area (Å²) in [5, 5.41) is 3.83. The van der Waals surface area contributed by atoms with Gasteiger partial charge in [-0.25, -0.2) is 4.98 Å². The number of morpholine rings is 1. The summed E-state index contributed by atoms with van der Waals surface area (Å²) in [6.07, 6.45) is -4.53. The van der Waals surface area contributed by atoms with Crippen molar-refractivity contribution in [1.82, 2.24) is 9.88 Å². The van der Waals surface area contributed by atoms with Gasteiger partial charge in [0, 0.05) is 37.3 Å². The number of halogens is 3. The average molecular weight is 367 g/mol. The van der Waals surface area contributed by atoms with E-state index in [0.29, 0.717) is 35.7 Å². The summed E-state index contributed by atoms with van der Waals surface area (Å²) in [5.74, 6) is 0.570. The number of aromatic nitrogens is 1. The van der Waals surface area contributed by atoms with Crippen LogP contribution in [0.25, 0.3) is 10.9 Å². The number of nitrogens with zero attached hydrogens (tertiary/aromatic N) is 2. The van der Waals surface area contributed by atoms with Gasteiger partial charge in [0.25, 0.3) is 0 Å². The Bertz CT molecular complexity index is 748. The first kappa shape index (κ1) is 18.9. The van der Waals surface area contributed by atoms with E-state index in [9.17, 15) is 13.2 Å². The number of benzene rings is 1. The molecular weight excluding hydrogens is 343 g/mol. The first-order valence-electron chi connectivity index (χ1n) is 8.87. The molecule has 0 saturated carbocycles. The van der Waals surface area contributed by atoms with E-state index in [1.807, 2.05) is 0 Å². The summed E-state index contributed by atoms with van der Waals surface area (Å²) >= 11 is 0. The van der Waals surface area contributed by atoms with Crippen LogP contribution >= 0.6 is 0 Å². The number of anilines is 1. The second-order valence-corrected chi connectivity index (χ2v) is 7.10. The van der Waals surface area contributed by atoms with Crippen molar-refractivity contribution in [1.29, 1.82) is 0 Å². The Hall–Kier alpha value is -1.86. The standard InChI is InChI=1S/C19H24F3N3O/c1-13(2)11-25-7-8-26-14(12-25)10-23-17-9-18(19(20,21)22)24-16-6-4-3-5-15(16)17/h3-6,9,13-14H,7-8,10-12H2,1-2H3,(H,23,24)/t14-/m0/s1. The molecule has 0 radical (unpaired) electrons. The number of ether oxygens (including phenoxy) is 1. The lowest BCUT2D eigenvalue weighted by Gasteiger charge is -2.34. The average Bonchev–Trinajstić information content (AvgIpc) is 2.58. The minimum Gasteiger partial charge on any atom is -0.382 e. The summed E-state index contributed by atoms with van der Waals surface area (Å²) in [4.78, 5) is 6.08. The van der Waals surface area contributed by atoms with Crippen LogP contribution in [0.15, 0.2) is 30.3 Å². The van der Waals surface area contributed by atoms with Crippen molar-refractivity contribution in [2.75, 3.05) is 38.1 Å². The molecule has 1 aromatic carbocycles. The smallest absolute Gasteiger partial charge is 0.382 e. The van der Waals surface area contributed by atoms with Crippen molar-refractivity contribution in [2.24, 2.45) is 5.92 Å². The lowest BCUT2D eigenvalue weighted by Crippen LogP contribution is -2.46. The fourth-order valence-electron chi connectivity index (χ4n) is 3.28. The highest BCUT2D eigenvalue weighted by Crippen LogP contribution is 2.33. The summed E-state index contributed by atoms with van der Waals surface area (Å²) in [6, 6.07) is 7.93. The molecule has 1 aromatic heterocycles. The van der Waals surface area contributed by atoms with E-state index in [-0.39, 0.29) is 6.10 Å². The molecule has 1 atom stereocenters. The molecule has 0 spiro atoms. The normalized spacial score (nSPS) is 19.2. The highest BCUT2D eigenvalue weighted by atomic mass is 19.4. The lowest BCUT2D eigenvalue weighted by atomic mass is 10.1. The third-order valence-corrected chi connectivity index (χ3v) is 4.37. The number of nitrogens with one attached hydrogen (secondary N) is 1. The zero-order valence-corrected chi connectivity index (χ0v) is 15.0. The Labute approximate surface area is 151 Å². The number of para-hydroxylation sites is 1. The number of rotatable bonds is 5. The zero-order valence-electron chi connectivity index (χ0n) is 15.0. The van der Waals surface area contributed by atoms with Crippen molar-refractivity contribution < 1.29 is 17.9 Å². The number of pyridine rings is 1. The first-order chi connectivity index (χ1) is 12.3. The van der Waals surface area contributed by atoms with Gasteiger partial charge in [0.1, 0.15) is 5.69 Å². The number of hydrogen-bond acceptors (Lipinski definition) is 4. The molecule has 7 heteroatoms. The van der Waals surface area contributed by atoms with Gasteiger partial charge in [0.15, 0.2) is 0 Å². The van der Waals surface area contributed by atoms with Crippen molar-refractivity contribution in [3.63, 3.8) is 0 Å². The molecule has 4 nitrogen and oxygen atoms in total. The molecule has 1 aliphatic heterocycles. The fourth-order valence-corrected chi connectivity index (χ4v) is 3.28. The minimum atomic E-state index is -4.48. The molecule has 1 aliphatic rings. The van der Waals surface area contributed by atoms with Crippen LogP contribution in [0.4, 0.5) is 18.9 Å². The Balaban J connectivity index is 1.76. The van der Waals surface area contributed by atoms with E-state index < -0.39 is 11.9 Å². The zero-order chi connectivity index (χ0) is 18.7. The number of alkyl halides is 3. The molecule has 0 aliphatic carbocycles. The van der Waals surface area contributed by atoms with Crippen molar-refractivity contribution >= 4 is 16.6 Å². The SMILES string of the molecule is CC(C)CN1CCO[C@@H](CNc2cc(C(F)(F)F)nc3ccccc23)C1. The predicted octanol–water partition coefficient (Wildman–Crippen LogP) is 4.02. The second-order valence-electron chi connectivity index (χ2n) is 7.10. The molecule has 0 amide bonds. The Morgan fingerprint density at radius 3 is 2.81 bits per heavy atom. The maximum absolute atomic E-state index is 13.1. The molecule has 1 fully saturated rings. The van der Waals surface area contributed by atoms with Gasteiger partial charge in [-0.3, -0.25) is 4.90 Å². The van der Waals surface area contributed by atoms with Gasteiger partial charge in [0.05, 0.1) is 18.2 Å². The van der Waals surface area contributed by atoms with Crippen LogP contribution in [0.5, 0.6) is 0 Å². The monoisotopic (exact) mass is 367 g/mol. The summed E-state index contributed by atoms with van der Waals surface area (Å²) < 4.78 is 45.2. The van der Waals surface area contributed by atoms with Gasteiger partial charge in [0.2, 0.25) is 0 Å². The van der Waals surface area contributed by atoms with E-state index in [0.717, 1.165) is 25.7 Å². The summed E-state index contributed by atoms with van der Waals surface area (Å²) in [7, 11) is 0. The van der Waals surface area contributed by atoms with Gasteiger partial charge >= 0.3 is 6.18 Å². The molecule has 142 valence electrons. The van der Waals surface area contributed by atoms with E-state index in [4.69, 9.17) is 4.74 Å². The second kappa shape index (κ2) is 7.80. The predicted molar refractivity (Wildman–Crippen MR) is 96.3 cm³/mol. The van der Waals surface area contributed by atoms with E-state index in [1.54, 1.807) is 24.3 Å². The molecule has 26 heavy (non-hydrogen) atoms. The third-order valence-electron chi connectivity index (χ3n) is 4.37. The maximum Gasteiger partial charge on any atom is 0.433 e. The third kappa shape index (κ3) is 4.65. The molecule has 2 aromatic rings. The van der Waals surface area contributed by atoms with Crippen LogP contribution in [0.3, 0.4) is 0 Å². The van der Waals surface area contributed by atoms with Crippen LogP contribution in [-0.4, -0.2) is 48.8 Å². The molecule has 1 N–H and O–H groups in total. The van der Waals surface area contributed by atoms with Crippen LogP contribution < -0.4 is 5.32 Å². The highest BCUT2D eigenvalue weighted by Gasteiger charge is 2.33. The maximum atomic E-state index is 13.1. The molecular formula is C19H24F3N3O. The van der Waals surface area contributed by atoms with Crippen LogP contribution in [0.2, 0.25) is 0 Å². The first-order valence-corrected chi connectivity index (χ1v) is 8.87. The Morgan fingerprint density at radius 1 is 1.31 bits per heavy atom. The van der Waals surface area contributed by atoms with Crippen molar-refractivity contribution in [3.8, 4) is 0 Å². The van der Waals surface area contributed by atoms with Gasteiger partial charge in [-0.05, 0) is 18.1 Å². The molecule has 2 heterocycles. The van der Waals surface area contributed by atoms with Gasteiger partial charge in [-0.2, -0.15) is 13.2 Å². The van der Waals surface area contributed by atoms with E-state index in [2.05, 4.69) is 29.0 Å². The van der Waals surface area contributed by atoms with Gasteiger partial charge in [-0.1, -0.05) is 32.0 Å². The van der Waals surface area contributed by atoms with Crippen molar-refractivity contribution in [2.45, 2.75) is 26.1 Å². The molecule has 1 saturated heterocycles. The highest BCUT2D eigenvalue weighted by molar-refractivity contribution is 5.91. The Kier molecular flexibility index (Phi) is 5.67. The van der Waals surface area contributed by atoms with E-state index in [1.165, 1.54) is 0 Å². The van der Waals surface area contributed by atoms with E-state index >= 15 is 0 Å². The minimum absolute atomic E-state index is 0.0521. The summed E-state index contributed by atoms with van der Waals surface area (Å²) in [5.41, 5.74) is -0.118. The number of fused-ring (bicyclic) bond motifs is 1. The van der Waals surface area contributed by atoms with Gasteiger partial charge < -0.3 is 10.1 Å². The Morgan fingerprint density at radius 2 is 2.08 bits per heavy atom. The van der Waals surface area contributed by atoms with Crippen LogP contribution in [0.1, 0.15) is 19.5 Å². The molecule has 0 unspecified atom stereocenters. The van der Waals surface area contributed by atoms with Crippen LogP contribution in [0, 0.1) is 5.92 Å². The lowest BCUT2D eigenvalue weighted by molar-refractivity contribution is -0.140. The molecule has 3 rings (SSSR count). The fraction of sp³-hybridized carbons (Fsp3) is 0.526. The van der Waals surface area contributed by atoms with Crippen LogP contribution in [-0.2, 0) is 10.9 Å². The van der Waals surface area contributed by atoms with Gasteiger partial charge in [-0.15, -0.1) is 0 Å². The molecule has 0 bridgehead atoms. The van der Waals surface area contributed by atoms with Crippen molar-refractivity contribution in [3.05, 3.63) is 36.0 Å². The quantitative estimate of drug-likeness (QED) is 0.866. The largest absolute Gasteiger partial charge is 0.433 e. The number of hydrogen-bond donors (Lipinski definition) is 1.